The molecule has 0 bridgehead atoms. The molecule has 6 heteroatoms. The van der Waals surface area contributed by atoms with E-state index in [1.165, 1.54) is 30.0 Å². The van der Waals surface area contributed by atoms with E-state index in [1.807, 2.05) is 30.3 Å². The van der Waals surface area contributed by atoms with E-state index in [1.54, 1.807) is 6.92 Å². The number of benzene rings is 2. The second kappa shape index (κ2) is 8.24. The number of hydrazone groups is 1. The third-order valence-electron chi connectivity index (χ3n) is 3.06. The number of rotatable bonds is 6. The van der Waals surface area contributed by atoms with Gasteiger partial charge in [-0.1, -0.05) is 30.3 Å². The molecule has 0 saturated carbocycles. The van der Waals surface area contributed by atoms with Gasteiger partial charge in [0.2, 0.25) is 5.91 Å². The quantitative estimate of drug-likeness (QED) is 0.432. The highest BCUT2D eigenvalue weighted by Crippen LogP contribution is 2.22. The first-order chi connectivity index (χ1) is 11.1. The van der Waals surface area contributed by atoms with Crippen LogP contribution in [0.5, 0.6) is 11.5 Å². The Morgan fingerprint density at radius 3 is 2.65 bits per heavy atom. The summed E-state index contributed by atoms with van der Waals surface area (Å²) in [4.78, 5) is 11.8. The van der Waals surface area contributed by atoms with Gasteiger partial charge in [-0.2, -0.15) is 5.10 Å². The Morgan fingerprint density at radius 1 is 1.17 bits per heavy atom. The molecule has 0 atom stereocenters. The number of hydrogen-bond acceptors (Lipinski definition) is 5. The van der Waals surface area contributed by atoms with Gasteiger partial charge in [0.25, 0.3) is 0 Å². The van der Waals surface area contributed by atoms with E-state index >= 15 is 0 Å². The van der Waals surface area contributed by atoms with Crippen molar-refractivity contribution in [3.63, 3.8) is 0 Å². The minimum atomic E-state index is -0.218. The smallest absolute Gasteiger partial charge is 0.250 e. The fraction of sp³-hybridized carbons (Fsp3) is 0.176. The van der Waals surface area contributed by atoms with Gasteiger partial charge in [0, 0.05) is 11.3 Å². The second-order valence-corrected chi connectivity index (χ2v) is 5.90. The molecule has 0 heterocycles. The zero-order chi connectivity index (χ0) is 16.7. The largest absolute Gasteiger partial charge is 0.508 e. The van der Waals surface area contributed by atoms with Crippen LogP contribution in [-0.2, 0) is 10.5 Å². The lowest BCUT2D eigenvalue weighted by atomic mass is 10.1. The monoisotopic (exact) mass is 330 g/mol. The zero-order valence-corrected chi connectivity index (χ0v) is 13.5. The average molecular weight is 330 g/mol. The van der Waals surface area contributed by atoms with E-state index in [-0.39, 0.29) is 23.2 Å². The van der Waals surface area contributed by atoms with Crippen LogP contribution in [-0.4, -0.2) is 27.6 Å². The highest BCUT2D eigenvalue weighted by molar-refractivity contribution is 7.99. The summed E-state index contributed by atoms with van der Waals surface area (Å²) in [6.45, 7) is 1.64. The number of aromatic hydroxyl groups is 2. The Kier molecular flexibility index (Phi) is 6.05. The van der Waals surface area contributed by atoms with Crippen LogP contribution in [0.3, 0.4) is 0 Å². The van der Waals surface area contributed by atoms with Crippen LogP contribution >= 0.6 is 11.8 Å². The first-order valence-corrected chi connectivity index (χ1v) is 8.19. The molecular formula is C17H18N2O3S. The maximum absolute atomic E-state index is 11.8. The summed E-state index contributed by atoms with van der Waals surface area (Å²) in [7, 11) is 0. The summed E-state index contributed by atoms with van der Waals surface area (Å²) in [5.74, 6) is 0.848. The van der Waals surface area contributed by atoms with E-state index in [2.05, 4.69) is 10.5 Å². The van der Waals surface area contributed by atoms with Crippen LogP contribution in [0.15, 0.2) is 53.6 Å². The number of phenols is 2. The molecular weight excluding hydrogens is 312 g/mol. The highest BCUT2D eigenvalue weighted by atomic mass is 32.2. The van der Waals surface area contributed by atoms with Gasteiger partial charge in [-0.05, 0) is 30.7 Å². The van der Waals surface area contributed by atoms with Crippen molar-refractivity contribution in [2.75, 3.05) is 5.75 Å². The Labute approximate surface area is 139 Å². The van der Waals surface area contributed by atoms with Gasteiger partial charge < -0.3 is 10.2 Å². The summed E-state index contributed by atoms with van der Waals surface area (Å²) in [5, 5.41) is 23.1. The van der Waals surface area contributed by atoms with E-state index in [0.717, 1.165) is 11.3 Å². The van der Waals surface area contributed by atoms with E-state index in [4.69, 9.17) is 0 Å². The number of thioether (sulfide) groups is 1. The summed E-state index contributed by atoms with van der Waals surface area (Å²) in [6, 6.07) is 14.1. The lowest BCUT2D eigenvalue weighted by molar-refractivity contribution is -0.118. The first-order valence-electron chi connectivity index (χ1n) is 7.03. The van der Waals surface area contributed by atoms with Gasteiger partial charge in [-0.3, -0.25) is 4.79 Å². The van der Waals surface area contributed by atoms with Gasteiger partial charge in [0.05, 0.1) is 11.5 Å². The SMILES string of the molecule is C/C(=N/NC(=O)CSCc1ccccc1)c1cc(O)ccc1O. The topological polar surface area (TPSA) is 81.9 Å². The van der Waals surface area contributed by atoms with Crippen molar-refractivity contribution in [3.05, 3.63) is 59.7 Å². The van der Waals surface area contributed by atoms with E-state index < -0.39 is 0 Å². The number of carbonyl (C=O) groups is 1. The van der Waals surface area contributed by atoms with Crippen molar-refractivity contribution in [2.24, 2.45) is 5.10 Å². The Bertz CT molecular complexity index is 702. The Hall–Kier alpha value is -2.47. The molecule has 120 valence electrons. The average Bonchev–Trinajstić information content (AvgIpc) is 2.56. The fourth-order valence-corrected chi connectivity index (χ4v) is 2.67. The van der Waals surface area contributed by atoms with Gasteiger partial charge in [-0.15, -0.1) is 11.8 Å². The number of amides is 1. The number of phenolic OH excluding ortho intramolecular Hbond substituents is 2. The van der Waals surface area contributed by atoms with Gasteiger partial charge in [0.15, 0.2) is 0 Å². The summed E-state index contributed by atoms with van der Waals surface area (Å²) >= 11 is 1.50. The van der Waals surface area contributed by atoms with Crippen molar-refractivity contribution < 1.29 is 15.0 Å². The molecule has 2 aromatic carbocycles. The lowest BCUT2D eigenvalue weighted by Gasteiger charge is -2.06. The minimum Gasteiger partial charge on any atom is -0.508 e. The molecule has 1 amide bonds. The molecule has 0 radical (unpaired) electrons. The fourth-order valence-electron chi connectivity index (χ4n) is 1.89. The highest BCUT2D eigenvalue weighted by Gasteiger charge is 2.07. The Morgan fingerprint density at radius 2 is 1.91 bits per heavy atom. The standard InChI is InChI=1S/C17H18N2O3S/c1-12(15-9-14(20)7-8-16(15)21)18-19-17(22)11-23-10-13-5-3-2-4-6-13/h2-9,20-21H,10-11H2,1H3,(H,19,22)/b18-12-. The van der Waals surface area contributed by atoms with Gasteiger partial charge in [-0.25, -0.2) is 5.43 Å². The number of nitrogens with zero attached hydrogens (tertiary/aromatic N) is 1. The minimum absolute atomic E-state index is 0.00301. The summed E-state index contributed by atoms with van der Waals surface area (Å²) in [5.41, 5.74) is 4.40. The molecule has 23 heavy (non-hydrogen) atoms. The molecule has 0 fully saturated rings. The number of carbonyl (C=O) groups excluding carboxylic acids is 1. The van der Waals surface area contributed by atoms with Crippen molar-refractivity contribution >= 4 is 23.4 Å². The van der Waals surface area contributed by atoms with Gasteiger partial charge >= 0.3 is 0 Å². The summed E-state index contributed by atoms with van der Waals surface area (Å²) in [6.07, 6.45) is 0. The molecule has 0 unspecified atom stereocenters. The van der Waals surface area contributed by atoms with Crippen LogP contribution < -0.4 is 5.43 Å². The van der Waals surface area contributed by atoms with Crippen LogP contribution in [0.25, 0.3) is 0 Å². The summed E-state index contributed by atoms with van der Waals surface area (Å²) < 4.78 is 0. The number of hydrogen-bond donors (Lipinski definition) is 3. The van der Waals surface area contributed by atoms with Crippen LogP contribution in [0, 0.1) is 0 Å². The maximum atomic E-state index is 11.8. The van der Waals surface area contributed by atoms with E-state index in [0.29, 0.717) is 11.3 Å². The first kappa shape index (κ1) is 16.9. The zero-order valence-electron chi connectivity index (χ0n) is 12.7. The second-order valence-electron chi connectivity index (χ2n) is 4.91. The molecule has 0 saturated heterocycles. The van der Waals surface area contributed by atoms with Crippen LogP contribution in [0.2, 0.25) is 0 Å². The molecule has 0 aromatic heterocycles. The van der Waals surface area contributed by atoms with Crippen molar-refractivity contribution in [1.82, 2.24) is 5.43 Å². The normalized spacial score (nSPS) is 11.3. The molecule has 0 aliphatic rings. The third-order valence-corrected chi connectivity index (χ3v) is 4.07. The number of nitrogens with one attached hydrogen (secondary N) is 1. The molecule has 2 rings (SSSR count). The predicted octanol–water partition coefficient (Wildman–Crippen LogP) is 2.87. The van der Waals surface area contributed by atoms with Crippen LogP contribution in [0.4, 0.5) is 0 Å². The lowest BCUT2D eigenvalue weighted by Crippen LogP contribution is -2.21. The molecule has 0 aliphatic carbocycles. The van der Waals surface area contributed by atoms with Crippen molar-refractivity contribution in [2.45, 2.75) is 12.7 Å². The van der Waals surface area contributed by atoms with Crippen molar-refractivity contribution in [3.8, 4) is 11.5 Å². The van der Waals surface area contributed by atoms with Gasteiger partial charge in [0.1, 0.15) is 11.5 Å². The van der Waals surface area contributed by atoms with Crippen LogP contribution in [0.1, 0.15) is 18.1 Å². The molecule has 2 aromatic rings. The maximum Gasteiger partial charge on any atom is 0.250 e. The van der Waals surface area contributed by atoms with E-state index in [9.17, 15) is 15.0 Å². The molecule has 0 spiro atoms. The Balaban J connectivity index is 1.84. The molecule has 5 nitrogen and oxygen atoms in total. The predicted molar refractivity (Wildman–Crippen MR) is 92.7 cm³/mol. The molecule has 3 N–H and O–H groups in total. The third kappa shape index (κ3) is 5.34. The van der Waals surface area contributed by atoms with Crippen molar-refractivity contribution in [1.29, 1.82) is 0 Å². The molecule has 0 aliphatic heterocycles.